The van der Waals surface area contributed by atoms with Crippen LogP contribution in [0.2, 0.25) is 0 Å². The fourth-order valence-corrected chi connectivity index (χ4v) is 2.58. The summed E-state index contributed by atoms with van der Waals surface area (Å²) in [6.07, 6.45) is -2.56. The van der Waals surface area contributed by atoms with Crippen LogP contribution in [0.3, 0.4) is 0 Å². The summed E-state index contributed by atoms with van der Waals surface area (Å²) >= 11 is 0. The van der Waals surface area contributed by atoms with E-state index in [0.717, 1.165) is 12.1 Å². The predicted molar refractivity (Wildman–Crippen MR) is 101 cm³/mol. The summed E-state index contributed by atoms with van der Waals surface area (Å²) in [5.74, 6) is -0.00804. The molecule has 7 nitrogen and oxygen atoms in total. The Hall–Kier alpha value is -3.56. The Morgan fingerprint density at radius 2 is 2.00 bits per heavy atom. The third-order valence-corrected chi connectivity index (χ3v) is 4.04. The van der Waals surface area contributed by atoms with E-state index in [1.165, 1.54) is 29.1 Å². The number of amides is 1. The first-order chi connectivity index (χ1) is 14.3. The smallest absolute Gasteiger partial charge is 0.416 e. The molecule has 0 saturated carbocycles. The predicted octanol–water partition coefficient (Wildman–Crippen LogP) is 3.11. The lowest BCUT2D eigenvalue weighted by Crippen LogP contribution is -2.31. The van der Waals surface area contributed by atoms with E-state index in [1.807, 2.05) is 0 Å². The van der Waals surface area contributed by atoms with Crippen molar-refractivity contribution in [3.63, 3.8) is 0 Å². The molecule has 3 aromatic rings. The topological polar surface area (TPSA) is 86.4 Å². The number of hydrogen-bond acceptors (Lipinski definition) is 5. The van der Waals surface area contributed by atoms with Gasteiger partial charge in [0.15, 0.2) is 12.4 Å². The van der Waals surface area contributed by atoms with Crippen molar-refractivity contribution in [2.24, 2.45) is 0 Å². The maximum Gasteiger partial charge on any atom is 0.416 e. The molecular formula is C20H18F3N3O4. The summed E-state index contributed by atoms with van der Waals surface area (Å²) in [6.45, 7) is 0.0829. The standard InChI is InChI=1S/C20H18F3N3O4/c21-20(22,23)14-4-1-5-15(12-14)30-13-18(27)24-9-3-10-26-19(28)8-7-16(25-26)17-6-2-11-29-17/h1-2,4-8,11-12H,3,9-10,13H2,(H,24,27). The van der Waals surface area contributed by atoms with Gasteiger partial charge < -0.3 is 14.5 Å². The second-order valence-electron chi connectivity index (χ2n) is 6.28. The molecule has 158 valence electrons. The fourth-order valence-electron chi connectivity index (χ4n) is 2.58. The molecule has 1 aromatic carbocycles. The molecule has 2 heterocycles. The maximum atomic E-state index is 12.7. The van der Waals surface area contributed by atoms with E-state index in [0.29, 0.717) is 17.9 Å². The molecule has 0 unspecified atom stereocenters. The number of aromatic nitrogens is 2. The summed E-state index contributed by atoms with van der Waals surface area (Å²) in [6, 6.07) is 10.7. The second kappa shape index (κ2) is 9.29. The number of carbonyl (C=O) groups excluding carboxylic acids is 1. The highest BCUT2D eigenvalue weighted by Gasteiger charge is 2.30. The average molecular weight is 421 g/mol. The highest BCUT2D eigenvalue weighted by molar-refractivity contribution is 5.77. The molecule has 1 N–H and O–H groups in total. The number of ether oxygens (including phenoxy) is 1. The molecule has 0 radical (unpaired) electrons. The molecule has 0 spiro atoms. The molecule has 0 aliphatic carbocycles. The lowest BCUT2D eigenvalue weighted by atomic mass is 10.2. The normalized spacial score (nSPS) is 11.3. The Labute approximate surface area is 169 Å². The van der Waals surface area contributed by atoms with E-state index >= 15 is 0 Å². The van der Waals surface area contributed by atoms with E-state index in [2.05, 4.69) is 10.4 Å². The van der Waals surface area contributed by atoms with Gasteiger partial charge in [0.2, 0.25) is 0 Å². The highest BCUT2D eigenvalue weighted by atomic mass is 19.4. The van der Waals surface area contributed by atoms with Crippen molar-refractivity contribution >= 4 is 5.91 Å². The van der Waals surface area contributed by atoms with Crippen LogP contribution in [0.5, 0.6) is 5.75 Å². The number of hydrogen-bond donors (Lipinski definition) is 1. The first-order valence-corrected chi connectivity index (χ1v) is 9.02. The molecule has 30 heavy (non-hydrogen) atoms. The molecule has 0 saturated heterocycles. The summed E-state index contributed by atoms with van der Waals surface area (Å²) < 4.78 is 49.6. The minimum absolute atomic E-state index is 0.0505. The summed E-state index contributed by atoms with van der Waals surface area (Å²) in [5, 5.41) is 6.80. The number of halogens is 3. The van der Waals surface area contributed by atoms with Crippen molar-refractivity contribution in [3.8, 4) is 17.2 Å². The monoisotopic (exact) mass is 421 g/mol. The number of carbonyl (C=O) groups is 1. The number of rotatable bonds is 8. The van der Waals surface area contributed by atoms with Crippen molar-refractivity contribution in [1.29, 1.82) is 0 Å². The summed E-state index contributed by atoms with van der Waals surface area (Å²) in [7, 11) is 0. The van der Waals surface area contributed by atoms with Gasteiger partial charge in [-0.15, -0.1) is 0 Å². The Kier molecular flexibility index (Phi) is 6.55. The van der Waals surface area contributed by atoms with Gasteiger partial charge in [-0.05, 0) is 42.8 Å². The van der Waals surface area contributed by atoms with Crippen LogP contribution in [-0.2, 0) is 17.5 Å². The van der Waals surface area contributed by atoms with Gasteiger partial charge in [-0.3, -0.25) is 9.59 Å². The second-order valence-corrected chi connectivity index (χ2v) is 6.28. The van der Waals surface area contributed by atoms with E-state index in [9.17, 15) is 22.8 Å². The van der Waals surface area contributed by atoms with Crippen molar-refractivity contribution in [2.45, 2.75) is 19.1 Å². The molecule has 2 aromatic heterocycles. The first kappa shape index (κ1) is 21.2. The molecule has 0 aliphatic rings. The van der Waals surface area contributed by atoms with Crippen LogP contribution in [0.1, 0.15) is 12.0 Å². The number of nitrogens with zero attached hydrogens (tertiary/aromatic N) is 2. The van der Waals surface area contributed by atoms with Crippen molar-refractivity contribution in [3.05, 3.63) is 70.7 Å². The quantitative estimate of drug-likeness (QED) is 0.565. The first-order valence-electron chi connectivity index (χ1n) is 9.02. The van der Waals surface area contributed by atoms with Gasteiger partial charge in [0.05, 0.1) is 11.8 Å². The molecule has 0 aliphatic heterocycles. The van der Waals surface area contributed by atoms with E-state index in [4.69, 9.17) is 9.15 Å². The Morgan fingerprint density at radius 3 is 2.73 bits per heavy atom. The van der Waals surface area contributed by atoms with Gasteiger partial charge in [-0.2, -0.15) is 18.3 Å². The highest BCUT2D eigenvalue weighted by Crippen LogP contribution is 2.31. The number of furan rings is 1. The zero-order valence-corrected chi connectivity index (χ0v) is 15.7. The summed E-state index contributed by atoms with van der Waals surface area (Å²) in [4.78, 5) is 23.7. The van der Waals surface area contributed by atoms with Gasteiger partial charge in [-0.25, -0.2) is 4.68 Å². The van der Waals surface area contributed by atoms with Crippen LogP contribution in [0.25, 0.3) is 11.5 Å². The van der Waals surface area contributed by atoms with Gasteiger partial charge >= 0.3 is 6.18 Å². The molecule has 10 heteroatoms. The average Bonchev–Trinajstić information content (AvgIpc) is 3.25. The largest absolute Gasteiger partial charge is 0.484 e. The van der Waals surface area contributed by atoms with Crippen molar-refractivity contribution in [2.75, 3.05) is 13.2 Å². The molecule has 1 amide bonds. The fraction of sp³-hybridized carbons (Fsp3) is 0.250. The van der Waals surface area contributed by atoms with Crippen LogP contribution in [0.15, 0.2) is 64.0 Å². The van der Waals surface area contributed by atoms with Crippen LogP contribution in [0.4, 0.5) is 13.2 Å². The van der Waals surface area contributed by atoms with Gasteiger partial charge in [0.1, 0.15) is 11.4 Å². The zero-order valence-electron chi connectivity index (χ0n) is 15.7. The Bertz CT molecular complexity index is 1050. The number of aryl methyl sites for hydroxylation is 1. The van der Waals surface area contributed by atoms with Crippen molar-refractivity contribution in [1.82, 2.24) is 15.1 Å². The third-order valence-electron chi connectivity index (χ3n) is 4.04. The SMILES string of the molecule is O=C(COc1cccc(C(F)(F)F)c1)NCCCn1nc(-c2ccco2)ccc1=O. The van der Waals surface area contributed by atoms with Crippen LogP contribution >= 0.6 is 0 Å². The number of alkyl halides is 3. The van der Waals surface area contributed by atoms with Gasteiger partial charge in [-0.1, -0.05) is 6.07 Å². The maximum absolute atomic E-state index is 12.7. The lowest BCUT2D eigenvalue weighted by molar-refractivity contribution is -0.137. The van der Waals surface area contributed by atoms with Crippen LogP contribution in [0, 0.1) is 0 Å². The Morgan fingerprint density at radius 1 is 1.17 bits per heavy atom. The van der Waals surface area contributed by atoms with Gasteiger partial charge in [0, 0.05) is 19.2 Å². The van der Waals surface area contributed by atoms with E-state index in [-0.39, 0.29) is 24.4 Å². The lowest BCUT2D eigenvalue weighted by Gasteiger charge is -2.10. The minimum Gasteiger partial charge on any atom is -0.484 e. The number of nitrogens with one attached hydrogen (secondary N) is 1. The van der Waals surface area contributed by atoms with Crippen LogP contribution in [-0.4, -0.2) is 28.8 Å². The Balaban J connectivity index is 1.44. The molecule has 0 atom stereocenters. The van der Waals surface area contributed by atoms with E-state index in [1.54, 1.807) is 18.2 Å². The zero-order chi connectivity index (χ0) is 21.6. The number of benzene rings is 1. The molecule has 0 fully saturated rings. The molecule has 0 bridgehead atoms. The molecule has 3 rings (SSSR count). The van der Waals surface area contributed by atoms with Gasteiger partial charge in [0.25, 0.3) is 11.5 Å². The van der Waals surface area contributed by atoms with Crippen molar-refractivity contribution < 1.29 is 27.1 Å². The van der Waals surface area contributed by atoms with E-state index < -0.39 is 24.3 Å². The third kappa shape index (κ3) is 5.72. The summed E-state index contributed by atoms with van der Waals surface area (Å²) in [5.41, 5.74) is -0.627. The minimum atomic E-state index is -4.48. The molecular weight excluding hydrogens is 403 g/mol. The van der Waals surface area contributed by atoms with Crippen LogP contribution < -0.4 is 15.6 Å².